The van der Waals surface area contributed by atoms with Crippen LogP contribution in [0.25, 0.3) is 5.70 Å². The highest BCUT2D eigenvalue weighted by atomic mass is 19.4. The third kappa shape index (κ3) is 7.67. The zero-order valence-corrected chi connectivity index (χ0v) is 20.4. The first-order chi connectivity index (χ1) is 16.8. The number of halogens is 3. The number of allylic oxidation sites excluding steroid dienone is 3. The minimum atomic E-state index is -4.40. The van der Waals surface area contributed by atoms with Crippen LogP contribution in [-0.2, 0) is 12.6 Å². The molecule has 0 heterocycles. The van der Waals surface area contributed by atoms with Crippen molar-refractivity contribution >= 4 is 11.4 Å². The molecule has 0 saturated heterocycles. The Balaban J connectivity index is 1.90. The van der Waals surface area contributed by atoms with Gasteiger partial charge < -0.3 is 16.4 Å². The van der Waals surface area contributed by atoms with Crippen molar-refractivity contribution in [1.29, 1.82) is 0 Å². The molecule has 0 unspecified atom stereocenters. The predicted octanol–water partition coefficient (Wildman–Crippen LogP) is 7.64. The second kappa shape index (κ2) is 12.5. The molecule has 0 radical (unpaired) electrons. The highest BCUT2D eigenvalue weighted by Gasteiger charge is 2.32. The van der Waals surface area contributed by atoms with Crippen LogP contribution in [0.3, 0.4) is 0 Å². The Kier molecular flexibility index (Phi) is 9.47. The van der Waals surface area contributed by atoms with Gasteiger partial charge in [0.25, 0.3) is 0 Å². The monoisotopic (exact) mass is 483 g/mol. The summed E-state index contributed by atoms with van der Waals surface area (Å²) >= 11 is 0. The quantitative estimate of drug-likeness (QED) is 0.304. The minimum Gasteiger partial charge on any atom is -0.402 e. The van der Waals surface area contributed by atoms with E-state index in [9.17, 15) is 13.2 Å². The molecule has 1 saturated carbocycles. The van der Waals surface area contributed by atoms with Crippen LogP contribution in [-0.4, -0.2) is 6.54 Å². The molecular formula is C29H36F3N3. The Labute approximate surface area is 207 Å². The number of anilines is 1. The fourth-order valence-electron chi connectivity index (χ4n) is 4.48. The highest BCUT2D eigenvalue weighted by molar-refractivity contribution is 5.75. The number of hydrogen-bond donors (Lipinski definition) is 3. The minimum absolute atomic E-state index is 0.121. The van der Waals surface area contributed by atoms with Crippen molar-refractivity contribution in [3.8, 4) is 0 Å². The van der Waals surface area contributed by atoms with Gasteiger partial charge in [-0.1, -0.05) is 75.2 Å². The van der Waals surface area contributed by atoms with Crippen LogP contribution in [0.2, 0.25) is 0 Å². The van der Waals surface area contributed by atoms with Gasteiger partial charge in [-0.25, -0.2) is 0 Å². The van der Waals surface area contributed by atoms with Crippen molar-refractivity contribution < 1.29 is 13.2 Å². The zero-order chi connectivity index (χ0) is 25.3. The molecule has 3 rings (SSSR count). The number of nitrogens with two attached hydrogens (primary N) is 1. The molecule has 0 bridgehead atoms. The maximum absolute atomic E-state index is 13.5. The fourth-order valence-corrected chi connectivity index (χ4v) is 4.48. The first kappa shape index (κ1) is 26.5. The lowest BCUT2D eigenvalue weighted by molar-refractivity contribution is -0.138. The van der Waals surface area contributed by atoms with Crippen LogP contribution >= 0.6 is 0 Å². The Morgan fingerprint density at radius 2 is 1.74 bits per heavy atom. The van der Waals surface area contributed by atoms with E-state index in [1.165, 1.54) is 18.6 Å². The van der Waals surface area contributed by atoms with E-state index < -0.39 is 11.7 Å². The van der Waals surface area contributed by atoms with Gasteiger partial charge in [-0.05, 0) is 55.4 Å². The molecule has 0 atom stereocenters. The molecule has 0 aromatic heterocycles. The number of alkyl halides is 3. The normalized spacial score (nSPS) is 15.7. The van der Waals surface area contributed by atoms with Gasteiger partial charge in [-0.15, -0.1) is 0 Å². The summed E-state index contributed by atoms with van der Waals surface area (Å²) < 4.78 is 40.5. The maximum atomic E-state index is 13.5. The predicted molar refractivity (Wildman–Crippen MR) is 139 cm³/mol. The molecule has 1 fully saturated rings. The summed E-state index contributed by atoms with van der Waals surface area (Å²) in [5.41, 5.74) is 10.0. The van der Waals surface area contributed by atoms with Crippen LogP contribution in [0.5, 0.6) is 0 Å². The second-order valence-corrected chi connectivity index (χ2v) is 9.07. The first-order valence-electron chi connectivity index (χ1n) is 12.4. The van der Waals surface area contributed by atoms with Crippen LogP contribution in [0.4, 0.5) is 18.9 Å². The lowest BCUT2D eigenvalue weighted by Crippen LogP contribution is -2.18. The molecule has 4 N–H and O–H groups in total. The zero-order valence-electron chi connectivity index (χ0n) is 20.4. The van der Waals surface area contributed by atoms with Crippen molar-refractivity contribution in [3.05, 3.63) is 95.3 Å². The Bertz CT molecular complexity index is 1050. The van der Waals surface area contributed by atoms with Gasteiger partial charge in [-0.2, -0.15) is 13.2 Å². The Hall–Kier alpha value is -3.15. The van der Waals surface area contributed by atoms with E-state index in [1.54, 1.807) is 12.1 Å². The summed E-state index contributed by atoms with van der Waals surface area (Å²) in [6.07, 6.45) is 5.94. The molecule has 3 nitrogen and oxygen atoms in total. The summed E-state index contributed by atoms with van der Waals surface area (Å²) in [4.78, 5) is 0. The van der Waals surface area contributed by atoms with E-state index in [4.69, 9.17) is 5.73 Å². The number of hydrogen-bond acceptors (Lipinski definition) is 3. The van der Waals surface area contributed by atoms with Gasteiger partial charge in [0.05, 0.1) is 5.56 Å². The lowest BCUT2D eigenvalue weighted by atomic mass is 9.86. The summed E-state index contributed by atoms with van der Waals surface area (Å²) in [5, 5.41) is 6.74. The summed E-state index contributed by atoms with van der Waals surface area (Å²) in [7, 11) is 0. The lowest BCUT2D eigenvalue weighted by Gasteiger charge is -2.23. The van der Waals surface area contributed by atoms with Gasteiger partial charge in [-0.3, -0.25) is 0 Å². The fraction of sp³-hybridized carbons (Fsp3) is 0.379. The molecular weight excluding hydrogens is 447 g/mol. The van der Waals surface area contributed by atoms with Crippen LogP contribution < -0.4 is 16.4 Å². The van der Waals surface area contributed by atoms with Crippen LogP contribution in [0, 0.1) is 5.92 Å². The Morgan fingerprint density at radius 1 is 1.06 bits per heavy atom. The second-order valence-electron chi connectivity index (χ2n) is 9.07. The molecule has 0 amide bonds. The van der Waals surface area contributed by atoms with Crippen molar-refractivity contribution in [2.24, 2.45) is 11.7 Å². The van der Waals surface area contributed by atoms with Crippen molar-refractivity contribution in [2.75, 3.05) is 11.9 Å². The van der Waals surface area contributed by atoms with E-state index in [0.717, 1.165) is 61.7 Å². The third-order valence-corrected chi connectivity index (χ3v) is 6.38. The summed E-state index contributed by atoms with van der Waals surface area (Å²) in [5.74, 6) is 0.295. The van der Waals surface area contributed by atoms with Gasteiger partial charge in [0.1, 0.15) is 0 Å². The topological polar surface area (TPSA) is 50.1 Å². The van der Waals surface area contributed by atoms with E-state index >= 15 is 0 Å². The van der Waals surface area contributed by atoms with Gasteiger partial charge >= 0.3 is 6.18 Å². The molecule has 35 heavy (non-hydrogen) atoms. The SMILES string of the molecule is C=C(NC(/C=C(\N)C1CCCCC1)=C/Cc1ccccc1C(F)(F)F)c1ccccc1NCCC. The maximum Gasteiger partial charge on any atom is 0.416 e. The molecule has 2 aromatic rings. The van der Waals surface area contributed by atoms with E-state index in [-0.39, 0.29) is 12.0 Å². The van der Waals surface area contributed by atoms with E-state index in [2.05, 4.69) is 24.1 Å². The van der Waals surface area contributed by atoms with E-state index in [1.807, 2.05) is 30.3 Å². The standard InChI is InChI=1S/C29H36F3N3/c1-3-19-34-28-16-10-8-14-25(28)21(2)35-24(20-27(33)23-12-5-4-6-13-23)18-17-22-11-7-9-15-26(22)29(30,31)32/h7-11,14-16,18,20,23,34-35H,2-6,12-13,17,19,33H2,1H3/b24-18+,27-20-. The van der Waals surface area contributed by atoms with Crippen molar-refractivity contribution in [1.82, 2.24) is 5.32 Å². The van der Waals surface area contributed by atoms with Gasteiger partial charge in [0.2, 0.25) is 0 Å². The van der Waals surface area contributed by atoms with Gasteiger partial charge in [0, 0.05) is 34.9 Å². The first-order valence-corrected chi connectivity index (χ1v) is 12.4. The van der Waals surface area contributed by atoms with Crippen LogP contribution in [0.1, 0.15) is 62.1 Å². The summed E-state index contributed by atoms with van der Waals surface area (Å²) in [6.45, 7) is 7.15. The molecule has 0 spiro atoms. The van der Waals surface area contributed by atoms with Gasteiger partial charge in [0.15, 0.2) is 0 Å². The largest absolute Gasteiger partial charge is 0.416 e. The third-order valence-electron chi connectivity index (χ3n) is 6.38. The highest BCUT2D eigenvalue weighted by Crippen LogP contribution is 2.33. The molecule has 6 heteroatoms. The molecule has 1 aliphatic rings. The molecule has 0 aliphatic heterocycles. The number of para-hydroxylation sites is 1. The number of rotatable bonds is 10. The van der Waals surface area contributed by atoms with Crippen molar-refractivity contribution in [3.63, 3.8) is 0 Å². The molecule has 1 aliphatic carbocycles. The average Bonchev–Trinajstić information content (AvgIpc) is 2.86. The average molecular weight is 484 g/mol. The number of benzene rings is 2. The summed E-state index contributed by atoms with van der Waals surface area (Å²) in [6, 6.07) is 13.5. The Morgan fingerprint density at radius 3 is 2.46 bits per heavy atom. The number of nitrogens with one attached hydrogen (secondary N) is 2. The molecule has 188 valence electrons. The smallest absolute Gasteiger partial charge is 0.402 e. The van der Waals surface area contributed by atoms with Crippen LogP contribution in [0.15, 0.2) is 78.7 Å². The van der Waals surface area contributed by atoms with Crippen molar-refractivity contribution in [2.45, 2.75) is 58.0 Å². The molecule has 2 aromatic carbocycles. The van der Waals surface area contributed by atoms with E-state index in [0.29, 0.717) is 17.3 Å².